The molecule has 0 aromatic rings. The van der Waals surface area contributed by atoms with Crippen LogP contribution in [0.5, 0.6) is 0 Å². The van der Waals surface area contributed by atoms with E-state index in [0.717, 1.165) is 0 Å². The Labute approximate surface area is 154 Å². The van der Waals surface area contributed by atoms with Crippen LogP contribution in [0.15, 0.2) is 0 Å². The maximum Gasteiger partial charge on any atom is 0.326 e. The third kappa shape index (κ3) is 9.84. The summed E-state index contributed by atoms with van der Waals surface area (Å²) in [5.74, 6) is -3.92. The van der Waals surface area contributed by atoms with Crippen LogP contribution in [0.1, 0.15) is 25.7 Å². The van der Waals surface area contributed by atoms with Crippen molar-refractivity contribution in [2.24, 2.45) is 17.2 Å². The zero-order chi connectivity index (χ0) is 20.3. The smallest absolute Gasteiger partial charge is 0.326 e. The molecule has 3 unspecified atom stereocenters. The fourth-order valence-electron chi connectivity index (χ4n) is 1.88. The van der Waals surface area contributed by atoms with Crippen molar-refractivity contribution < 1.29 is 29.1 Å². The number of carboxylic acid groups (broad SMARTS) is 1. The first kappa shape index (κ1) is 23.7. The fraction of sp³-hybridized carbons (Fsp3) is 0.643. The highest BCUT2D eigenvalue weighted by molar-refractivity contribution is 7.98. The average Bonchev–Trinajstić information content (AvgIpc) is 2.54. The van der Waals surface area contributed by atoms with Gasteiger partial charge in [0.2, 0.25) is 23.6 Å². The highest BCUT2D eigenvalue weighted by Gasteiger charge is 2.29. The lowest BCUT2D eigenvalue weighted by Crippen LogP contribution is -2.55. The van der Waals surface area contributed by atoms with Gasteiger partial charge in [0.15, 0.2) is 0 Å². The number of carbonyl (C=O) groups is 5. The summed E-state index contributed by atoms with van der Waals surface area (Å²) < 4.78 is 0. The van der Waals surface area contributed by atoms with Gasteiger partial charge >= 0.3 is 5.97 Å². The standard InChI is InChI=1S/C14H25N5O6S/c1-26-5-4-8(14(24)25)18-13(23)9(6-11(17)21)19-12(22)7(15)2-3-10(16)20/h7-9H,2-6,15H2,1H3,(H2,16,20)(H2,17,21)(H,18,23)(H,19,22)(H,24,25). The summed E-state index contributed by atoms with van der Waals surface area (Å²) in [5.41, 5.74) is 15.6. The van der Waals surface area contributed by atoms with E-state index in [1.54, 1.807) is 6.26 Å². The molecule has 0 aromatic heterocycles. The Morgan fingerprint density at radius 2 is 1.54 bits per heavy atom. The zero-order valence-electron chi connectivity index (χ0n) is 14.4. The molecular weight excluding hydrogens is 366 g/mol. The molecule has 0 saturated heterocycles. The van der Waals surface area contributed by atoms with E-state index >= 15 is 0 Å². The van der Waals surface area contributed by atoms with Gasteiger partial charge in [0.1, 0.15) is 12.1 Å². The van der Waals surface area contributed by atoms with Crippen molar-refractivity contribution in [1.29, 1.82) is 0 Å². The van der Waals surface area contributed by atoms with Gasteiger partial charge in [-0.1, -0.05) is 0 Å². The van der Waals surface area contributed by atoms with E-state index in [4.69, 9.17) is 22.3 Å². The average molecular weight is 391 g/mol. The number of hydrogen-bond acceptors (Lipinski definition) is 7. The Morgan fingerprint density at radius 3 is 2.00 bits per heavy atom. The second kappa shape index (κ2) is 12.1. The van der Waals surface area contributed by atoms with Crippen molar-refractivity contribution >= 4 is 41.4 Å². The molecule has 0 spiro atoms. The summed E-state index contributed by atoms with van der Waals surface area (Å²) in [6, 6.07) is -3.68. The minimum absolute atomic E-state index is 0.0441. The summed E-state index contributed by atoms with van der Waals surface area (Å²) in [5, 5.41) is 13.6. The summed E-state index contributed by atoms with van der Waals surface area (Å²) >= 11 is 1.40. The first-order valence-corrected chi connectivity index (χ1v) is 9.12. The fourth-order valence-corrected chi connectivity index (χ4v) is 2.35. The molecule has 9 N–H and O–H groups in total. The quantitative estimate of drug-likeness (QED) is 0.193. The van der Waals surface area contributed by atoms with Gasteiger partial charge in [0, 0.05) is 6.42 Å². The van der Waals surface area contributed by atoms with Crippen LogP contribution in [0.25, 0.3) is 0 Å². The van der Waals surface area contributed by atoms with Gasteiger partial charge in [-0.3, -0.25) is 19.2 Å². The molecule has 3 atom stereocenters. The highest BCUT2D eigenvalue weighted by atomic mass is 32.2. The normalized spacial score (nSPS) is 13.9. The van der Waals surface area contributed by atoms with E-state index in [2.05, 4.69) is 10.6 Å². The largest absolute Gasteiger partial charge is 0.480 e. The predicted octanol–water partition coefficient (Wildman–Crippen LogP) is -2.74. The number of thioether (sulfide) groups is 1. The van der Waals surface area contributed by atoms with Crippen LogP contribution in [0.4, 0.5) is 0 Å². The highest BCUT2D eigenvalue weighted by Crippen LogP contribution is 2.03. The molecule has 11 nitrogen and oxygen atoms in total. The molecule has 0 fully saturated rings. The van der Waals surface area contributed by atoms with E-state index in [9.17, 15) is 24.0 Å². The number of carboxylic acids is 1. The van der Waals surface area contributed by atoms with E-state index in [-0.39, 0.29) is 19.3 Å². The Kier molecular flexibility index (Phi) is 11.0. The van der Waals surface area contributed by atoms with E-state index in [1.165, 1.54) is 11.8 Å². The molecule has 0 bridgehead atoms. The molecule has 0 radical (unpaired) electrons. The Balaban J connectivity index is 4.96. The van der Waals surface area contributed by atoms with E-state index in [1.807, 2.05) is 0 Å². The summed E-state index contributed by atoms with van der Waals surface area (Å²) in [6.07, 6.45) is 1.24. The first-order chi connectivity index (χ1) is 12.1. The molecule has 0 aliphatic rings. The van der Waals surface area contributed by atoms with Crippen LogP contribution in [0.3, 0.4) is 0 Å². The van der Waals surface area contributed by atoms with Crippen LogP contribution in [-0.2, 0) is 24.0 Å². The molecule has 4 amide bonds. The molecule has 148 valence electrons. The van der Waals surface area contributed by atoms with Crippen LogP contribution >= 0.6 is 11.8 Å². The minimum atomic E-state index is -1.38. The molecule has 0 aliphatic heterocycles. The number of aliphatic carboxylic acids is 1. The van der Waals surface area contributed by atoms with Gasteiger partial charge in [0.25, 0.3) is 0 Å². The first-order valence-electron chi connectivity index (χ1n) is 7.73. The zero-order valence-corrected chi connectivity index (χ0v) is 15.2. The van der Waals surface area contributed by atoms with Crippen molar-refractivity contribution in [3.8, 4) is 0 Å². The molecule has 0 heterocycles. The van der Waals surface area contributed by atoms with Crippen molar-refractivity contribution in [1.82, 2.24) is 10.6 Å². The van der Waals surface area contributed by atoms with Gasteiger partial charge in [-0.25, -0.2) is 4.79 Å². The van der Waals surface area contributed by atoms with Crippen molar-refractivity contribution in [3.63, 3.8) is 0 Å². The number of rotatable bonds is 13. The van der Waals surface area contributed by atoms with Crippen LogP contribution in [0.2, 0.25) is 0 Å². The lowest BCUT2D eigenvalue weighted by atomic mass is 10.1. The van der Waals surface area contributed by atoms with Crippen LogP contribution in [0, 0.1) is 0 Å². The number of primary amides is 2. The molecule has 26 heavy (non-hydrogen) atoms. The number of nitrogens with one attached hydrogen (secondary N) is 2. The number of carbonyl (C=O) groups excluding carboxylic acids is 4. The van der Waals surface area contributed by atoms with Crippen molar-refractivity contribution in [2.45, 2.75) is 43.8 Å². The summed E-state index contributed by atoms with van der Waals surface area (Å²) in [6.45, 7) is 0. The van der Waals surface area contributed by atoms with Crippen molar-refractivity contribution in [2.75, 3.05) is 12.0 Å². The van der Waals surface area contributed by atoms with Crippen LogP contribution in [-0.4, -0.2) is 64.8 Å². The lowest BCUT2D eigenvalue weighted by Gasteiger charge is -2.22. The van der Waals surface area contributed by atoms with Gasteiger partial charge in [0.05, 0.1) is 12.5 Å². The number of amides is 4. The topological polar surface area (TPSA) is 208 Å². The third-order valence-corrected chi connectivity index (χ3v) is 3.95. The summed E-state index contributed by atoms with van der Waals surface area (Å²) in [4.78, 5) is 57.3. The predicted molar refractivity (Wildman–Crippen MR) is 94.7 cm³/mol. The molecule has 0 saturated carbocycles. The van der Waals surface area contributed by atoms with Crippen LogP contribution < -0.4 is 27.8 Å². The van der Waals surface area contributed by atoms with Gasteiger partial charge in [-0.2, -0.15) is 11.8 Å². The summed E-state index contributed by atoms with van der Waals surface area (Å²) in [7, 11) is 0. The molecule has 0 aromatic carbocycles. The monoisotopic (exact) mass is 391 g/mol. The van der Waals surface area contributed by atoms with E-state index < -0.39 is 54.1 Å². The SMILES string of the molecule is CSCCC(NC(=O)C(CC(N)=O)NC(=O)C(N)CCC(N)=O)C(=O)O. The lowest BCUT2D eigenvalue weighted by molar-refractivity contribution is -0.142. The second-order valence-corrected chi connectivity index (χ2v) is 6.51. The minimum Gasteiger partial charge on any atom is -0.480 e. The van der Waals surface area contributed by atoms with Crippen molar-refractivity contribution in [3.05, 3.63) is 0 Å². The molecule has 12 heteroatoms. The number of nitrogens with two attached hydrogens (primary N) is 3. The van der Waals surface area contributed by atoms with Gasteiger partial charge < -0.3 is 32.9 Å². The Morgan fingerprint density at radius 1 is 0.962 bits per heavy atom. The second-order valence-electron chi connectivity index (χ2n) is 5.52. The number of hydrogen-bond donors (Lipinski definition) is 6. The Hall–Kier alpha value is -2.34. The maximum absolute atomic E-state index is 12.3. The third-order valence-electron chi connectivity index (χ3n) is 3.30. The van der Waals surface area contributed by atoms with E-state index in [0.29, 0.717) is 5.75 Å². The van der Waals surface area contributed by atoms with Gasteiger partial charge in [-0.05, 0) is 24.9 Å². The Bertz CT molecular complexity index is 544. The van der Waals surface area contributed by atoms with Gasteiger partial charge in [-0.15, -0.1) is 0 Å². The maximum atomic E-state index is 12.3. The molecule has 0 aliphatic carbocycles. The molecular formula is C14H25N5O6S. The molecule has 0 rings (SSSR count).